The van der Waals surface area contributed by atoms with Crippen LogP contribution in [-0.4, -0.2) is 52.8 Å². The maximum Gasteiger partial charge on any atom is 0.232 e. The molecule has 1 atom stereocenters. The number of nitrogens with zero attached hydrogens (tertiary/aromatic N) is 4. The zero-order chi connectivity index (χ0) is 21.4. The molecule has 9 heteroatoms. The average Bonchev–Trinajstić information content (AvgIpc) is 3.44. The molecule has 3 aromatic rings. The Labute approximate surface area is 190 Å². The molecule has 2 aliphatic heterocycles. The van der Waals surface area contributed by atoms with Crippen LogP contribution in [-0.2, 0) is 9.53 Å². The quantitative estimate of drug-likeness (QED) is 0.641. The molecule has 1 amide bonds. The van der Waals surface area contributed by atoms with E-state index in [1.807, 2.05) is 27.7 Å². The topological polar surface area (TPSA) is 72.3 Å². The van der Waals surface area contributed by atoms with E-state index in [9.17, 15) is 4.79 Å². The molecular weight excluding hydrogens is 437 g/mol. The fourth-order valence-corrected chi connectivity index (χ4v) is 4.68. The molecule has 1 aromatic carbocycles. The number of carbonyl (C=O) groups is 1. The summed E-state index contributed by atoms with van der Waals surface area (Å²) < 4.78 is 7.55. The van der Waals surface area contributed by atoms with E-state index in [1.165, 1.54) is 0 Å². The number of halogens is 2. The van der Waals surface area contributed by atoms with Gasteiger partial charge in [-0.15, -0.1) is 0 Å². The highest BCUT2D eigenvalue weighted by Gasteiger charge is 2.37. The minimum atomic E-state index is -0.0763. The first kappa shape index (κ1) is 20.7. The first-order valence-corrected chi connectivity index (χ1v) is 11.3. The molecular formula is C22H23Cl2N5O2. The molecule has 0 unspecified atom stereocenters. The van der Waals surface area contributed by atoms with Gasteiger partial charge in [-0.1, -0.05) is 29.3 Å². The Morgan fingerprint density at radius 1 is 1.16 bits per heavy atom. The second kappa shape index (κ2) is 8.74. The average molecular weight is 460 g/mol. The summed E-state index contributed by atoms with van der Waals surface area (Å²) in [7, 11) is 0. The predicted octanol–water partition coefficient (Wildman–Crippen LogP) is 3.85. The molecule has 2 aliphatic rings. The monoisotopic (exact) mass is 459 g/mol. The second-order valence-electron chi connectivity index (χ2n) is 7.94. The van der Waals surface area contributed by atoms with Crippen molar-refractivity contribution in [2.75, 3.05) is 31.2 Å². The lowest BCUT2D eigenvalue weighted by atomic mass is 9.96. The van der Waals surface area contributed by atoms with Gasteiger partial charge in [-0.3, -0.25) is 14.3 Å². The first-order valence-electron chi connectivity index (χ1n) is 10.5. The summed E-state index contributed by atoms with van der Waals surface area (Å²) in [4.78, 5) is 25.0. The number of rotatable bonds is 4. The number of piperidine rings is 1. The van der Waals surface area contributed by atoms with Gasteiger partial charge in [-0.25, -0.2) is 9.97 Å². The number of benzene rings is 1. The lowest BCUT2D eigenvalue weighted by Crippen LogP contribution is -2.47. The van der Waals surface area contributed by atoms with Crippen molar-refractivity contribution in [1.82, 2.24) is 19.9 Å². The van der Waals surface area contributed by atoms with Crippen molar-refractivity contribution in [3.63, 3.8) is 0 Å². The third-order valence-corrected chi connectivity index (χ3v) is 6.69. The number of anilines is 1. The number of fused-ring (bicyclic) bond motifs is 1. The summed E-state index contributed by atoms with van der Waals surface area (Å²) >= 11 is 12.6. The normalized spacial score (nSPS) is 19.7. The number of carbonyl (C=O) groups excluding carboxylic acids is 1. The van der Waals surface area contributed by atoms with Crippen LogP contribution in [0.2, 0.25) is 10.0 Å². The largest absolute Gasteiger partial charge is 0.379 e. The molecule has 1 N–H and O–H groups in total. The van der Waals surface area contributed by atoms with Crippen LogP contribution in [0.25, 0.3) is 16.9 Å². The van der Waals surface area contributed by atoms with E-state index in [1.54, 1.807) is 18.3 Å². The highest BCUT2D eigenvalue weighted by atomic mass is 35.5. The van der Waals surface area contributed by atoms with E-state index in [0.29, 0.717) is 40.5 Å². The van der Waals surface area contributed by atoms with Crippen molar-refractivity contribution in [3.8, 4) is 5.82 Å². The Morgan fingerprint density at radius 3 is 2.68 bits per heavy atom. The maximum atomic E-state index is 13.8. The zero-order valence-corrected chi connectivity index (χ0v) is 18.4. The Hall–Kier alpha value is -2.19. The SMILES string of the molecule is O=C(C1CCNCC1)N(c1nc2cc(Cl)c(Cl)cc2n1-c1ccccn1)[C@@H]1CCOC1. The lowest BCUT2D eigenvalue weighted by Gasteiger charge is -2.32. The Morgan fingerprint density at radius 2 is 1.97 bits per heavy atom. The summed E-state index contributed by atoms with van der Waals surface area (Å²) in [5.41, 5.74) is 1.42. The predicted molar refractivity (Wildman–Crippen MR) is 121 cm³/mol. The molecule has 2 aromatic heterocycles. The minimum absolute atomic E-state index is 0.0500. The highest BCUT2D eigenvalue weighted by molar-refractivity contribution is 6.42. The fraction of sp³-hybridized carbons (Fsp3) is 0.409. The van der Waals surface area contributed by atoms with Crippen molar-refractivity contribution in [2.45, 2.75) is 25.3 Å². The molecule has 0 bridgehead atoms. The van der Waals surface area contributed by atoms with Crippen LogP contribution in [0.5, 0.6) is 0 Å². The molecule has 5 rings (SSSR count). The molecule has 0 aliphatic carbocycles. The molecule has 0 spiro atoms. The van der Waals surface area contributed by atoms with E-state index in [0.717, 1.165) is 37.9 Å². The van der Waals surface area contributed by atoms with Crippen molar-refractivity contribution in [3.05, 3.63) is 46.6 Å². The van der Waals surface area contributed by atoms with E-state index >= 15 is 0 Å². The van der Waals surface area contributed by atoms with E-state index in [-0.39, 0.29) is 17.9 Å². The number of nitrogens with one attached hydrogen (secondary N) is 1. The van der Waals surface area contributed by atoms with Gasteiger partial charge >= 0.3 is 0 Å². The number of aromatic nitrogens is 3. The van der Waals surface area contributed by atoms with Gasteiger partial charge in [0.1, 0.15) is 5.82 Å². The second-order valence-corrected chi connectivity index (χ2v) is 8.75. The van der Waals surface area contributed by atoms with Gasteiger partial charge in [0.25, 0.3) is 0 Å². The Balaban J connectivity index is 1.70. The van der Waals surface area contributed by atoms with Crippen LogP contribution in [0.3, 0.4) is 0 Å². The molecule has 0 radical (unpaired) electrons. The van der Waals surface area contributed by atoms with E-state index in [2.05, 4.69) is 10.3 Å². The molecule has 2 fully saturated rings. The van der Waals surface area contributed by atoms with Crippen molar-refractivity contribution in [1.29, 1.82) is 0 Å². The fourth-order valence-electron chi connectivity index (χ4n) is 4.37. The molecule has 31 heavy (non-hydrogen) atoms. The van der Waals surface area contributed by atoms with Crippen molar-refractivity contribution in [2.24, 2.45) is 5.92 Å². The smallest absolute Gasteiger partial charge is 0.232 e. The molecule has 2 saturated heterocycles. The van der Waals surface area contributed by atoms with Gasteiger partial charge in [0.2, 0.25) is 11.9 Å². The lowest BCUT2D eigenvalue weighted by molar-refractivity contribution is -0.123. The van der Waals surface area contributed by atoms with Crippen LogP contribution in [0.1, 0.15) is 19.3 Å². The summed E-state index contributed by atoms with van der Waals surface area (Å²) in [6, 6.07) is 9.10. The van der Waals surface area contributed by atoms with E-state index < -0.39 is 0 Å². The van der Waals surface area contributed by atoms with Crippen molar-refractivity contribution < 1.29 is 9.53 Å². The number of ether oxygens (including phenoxy) is 1. The standard InChI is InChI=1S/C22H23Cl2N5O2/c23-16-11-18-19(12-17(16)24)29(20-3-1-2-7-26-20)22(27-18)28(15-6-10-31-13-15)21(30)14-4-8-25-9-5-14/h1-3,7,11-12,14-15,25H,4-6,8-10,13H2/t15-/m1/s1. The van der Waals surface area contributed by atoms with Gasteiger partial charge in [0, 0.05) is 18.7 Å². The van der Waals surface area contributed by atoms with Gasteiger partial charge in [0.15, 0.2) is 0 Å². The molecule has 0 saturated carbocycles. The molecule has 7 nitrogen and oxygen atoms in total. The zero-order valence-electron chi connectivity index (χ0n) is 16.9. The van der Waals surface area contributed by atoms with Crippen LogP contribution in [0, 0.1) is 5.92 Å². The number of amides is 1. The van der Waals surface area contributed by atoms with Crippen LogP contribution >= 0.6 is 23.2 Å². The number of pyridine rings is 1. The van der Waals surface area contributed by atoms with Crippen molar-refractivity contribution >= 4 is 46.1 Å². The summed E-state index contributed by atoms with van der Waals surface area (Å²) in [6.45, 7) is 2.80. The first-order chi connectivity index (χ1) is 15.1. The number of hydrogen-bond donors (Lipinski definition) is 1. The summed E-state index contributed by atoms with van der Waals surface area (Å²) in [5, 5.41) is 4.19. The van der Waals surface area contributed by atoms with Gasteiger partial charge in [-0.2, -0.15) is 0 Å². The van der Waals surface area contributed by atoms with Crippen LogP contribution in [0.4, 0.5) is 5.95 Å². The van der Waals surface area contributed by atoms with Gasteiger partial charge < -0.3 is 10.1 Å². The number of hydrogen-bond acceptors (Lipinski definition) is 5. The number of imidazole rings is 1. The van der Waals surface area contributed by atoms with E-state index in [4.69, 9.17) is 32.9 Å². The summed E-state index contributed by atoms with van der Waals surface area (Å²) in [5.74, 6) is 1.24. The third kappa shape index (κ3) is 3.91. The maximum absolute atomic E-state index is 13.8. The molecule has 4 heterocycles. The van der Waals surface area contributed by atoms with Crippen LogP contribution in [0.15, 0.2) is 36.5 Å². The minimum Gasteiger partial charge on any atom is -0.379 e. The Kier molecular flexibility index (Phi) is 5.84. The van der Waals surface area contributed by atoms with Gasteiger partial charge in [-0.05, 0) is 56.6 Å². The highest BCUT2D eigenvalue weighted by Crippen LogP contribution is 2.35. The van der Waals surface area contributed by atoms with Gasteiger partial charge in [0.05, 0.1) is 33.7 Å². The Bertz CT molecular complexity index is 1090. The third-order valence-electron chi connectivity index (χ3n) is 5.97. The summed E-state index contributed by atoms with van der Waals surface area (Å²) in [6.07, 6.45) is 4.11. The van der Waals surface area contributed by atoms with Crippen LogP contribution < -0.4 is 10.2 Å². The molecule has 162 valence electrons.